The van der Waals surface area contributed by atoms with Crippen LogP contribution in [0.2, 0.25) is 0 Å². The van der Waals surface area contributed by atoms with Crippen molar-refractivity contribution in [2.24, 2.45) is 0 Å². The lowest BCUT2D eigenvalue weighted by Crippen LogP contribution is -2.24. The first kappa shape index (κ1) is 20.4. The summed E-state index contributed by atoms with van der Waals surface area (Å²) in [6, 6.07) is 17.3. The number of imidazole rings is 1. The molecule has 0 atom stereocenters. The van der Waals surface area contributed by atoms with Gasteiger partial charge in [-0.15, -0.1) is 0 Å². The Labute approximate surface area is 186 Å². The van der Waals surface area contributed by atoms with Gasteiger partial charge in [0.15, 0.2) is 0 Å². The maximum absolute atomic E-state index is 14.8. The maximum Gasteiger partial charge on any atom is 0.413 e. The third-order valence-electron chi connectivity index (χ3n) is 5.56. The molecule has 0 aliphatic heterocycles. The van der Waals surface area contributed by atoms with Crippen LogP contribution in [0.4, 0.5) is 15.1 Å². The fraction of sp³-hybridized carbons (Fsp3) is 0.0833. The molecule has 5 rings (SSSR count). The van der Waals surface area contributed by atoms with Crippen molar-refractivity contribution in [3.05, 3.63) is 88.1 Å². The van der Waals surface area contributed by atoms with Crippen molar-refractivity contribution in [3.8, 4) is 11.1 Å². The molecule has 5 aromatic rings. The molecule has 0 saturated carbocycles. The molecule has 164 valence electrons. The Hall–Kier alpha value is -4.53. The van der Waals surface area contributed by atoms with Gasteiger partial charge in [-0.05, 0) is 41.5 Å². The first-order valence-electron chi connectivity index (χ1n) is 10.1. The highest BCUT2D eigenvalue weighted by atomic mass is 19.1. The van der Waals surface area contributed by atoms with Crippen LogP contribution < -0.4 is 10.5 Å². The number of aromatic amines is 2. The number of rotatable bonds is 4. The van der Waals surface area contributed by atoms with Gasteiger partial charge < -0.3 is 10.1 Å². The number of amides is 1. The lowest BCUT2D eigenvalue weighted by Gasteiger charge is -2.09. The smallest absolute Gasteiger partial charge is 0.413 e. The molecule has 2 heterocycles. The van der Waals surface area contributed by atoms with E-state index in [0.717, 1.165) is 15.8 Å². The van der Waals surface area contributed by atoms with E-state index in [1.165, 1.54) is 13.1 Å². The molecule has 0 fully saturated rings. The van der Waals surface area contributed by atoms with Crippen LogP contribution in [0.5, 0.6) is 0 Å². The number of carbonyl (C=O) groups is 1. The quantitative estimate of drug-likeness (QED) is 0.383. The maximum atomic E-state index is 14.8. The standard InChI is InChI=1S/C24H18FN5O3/c1-30(24(32)33)23-26-19-9-7-14(12-21(19)27-23)17-10-13(6-8-18(17)25)11-20-15-4-2-3-5-16(15)22(31)29-28-20/h2-10,12H,11H2,1H3,(H,26,27)(H,29,31)(H,32,33). The fourth-order valence-corrected chi connectivity index (χ4v) is 3.81. The Kier molecular flexibility index (Phi) is 4.86. The minimum Gasteiger partial charge on any atom is -0.465 e. The molecule has 0 aliphatic rings. The number of nitrogens with zero attached hydrogens (tertiary/aromatic N) is 3. The van der Waals surface area contributed by atoms with Crippen LogP contribution in [0.15, 0.2) is 65.5 Å². The summed E-state index contributed by atoms with van der Waals surface area (Å²) in [5, 5.41) is 17.2. The highest BCUT2D eigenvalue weighted by molar-refractivity contribution is 5.89. The number of H-pyrrole nitrogens is 2. The number of aromatic nitrogens is 4. The Morgan fingerprint density at radius 3 is 2.67 bits per heavy atom. The fourth-order valence-electron chi connectivity index (χ4n) is 3.81. The topological polar surface area (TPSA) is 115 Å². The number of fused-ring (bicyclic) bond motifs is 2. The molecule has 0 spiro atoms. The molecule has 9 heteroatoms. The summed E-state index contributed by atoms with van der Waals surface area (Å²) >= 11 is 0. The Balaban J connectivity index is 1.53. The van der Waals surface area contributed by atoms with Crippen molar-refractivity contribution < 1.29 is 14.3 Å². The normalized spacial score (nSPS) is 11.2. The minimum absolute atomic E-state index is 0.180. The van der Waals surface area contributed by atoms with Crippen LogP contribution >= 0.6 is 0 Å². The number of anilines is 1. The molecule has 0 radical (unpaired) electrons. The number of carboxylic acid groups (broad SMARTS) is 1. The van der Waals surface area contributed by atoms with E-state index in [9.17, 15) is 14.0 Å². The Morgan fingerprint density at radius 1 is 1.09 bits per heavy atom. The van der Waals surface area contributed by atoms with Crippen LogP contribution in [-0.4, -0.2) is 38.4 Å². The number of nitrogens with one attached hydrogen (secondary N) is 2. The zero-order valence-electron chi connectivity index (χ0n) is 17.5. The summed E-state index contributed by atoms with van der Waals surface area (Å²) in [5.41, 5.74) is 3.42. The van der Waals surface area contributed by atoms with Gasteiger partial charge in [0.1, 0.15) is 5.82 Å². The van der Waals surface area contributed by atoms with E-state index in [0.29, 0.717) is 39.7 Å². The molecule has 0 bridgehead atoms. The third kappa shape index (κ3) is 3.69. The van der Waals surface area contributed by atoms with Crippen molar-refractivity contribution >= 4 is 33.8 Å². The van der Waals surface area contributed by atoms with Crippen LogP contribution in [-0.2, 0) is 6.42 Å². The lowest BCUT2D eigenvalue weighted by atomic mass is 9.98. The second kappa shape index (κ2) is 7.86. The zero-order chi connectivity index (χ0) is 23.1. The van der Waals surface area contributed by atoms with Crippen LogP contribution in [0.3, 0.4) is 0 Å². The van der Waals surface area contributed by atoms with E-state index in [4.69, 9.17) is 5.11 Å². The summed E-state index contributed by atoms with van der Waals surface area (Å²) in [6.07, 6.45) is -0.737. The van der Waals surface area contributed by atoms with Gasteiger partial charge in [-0.2, -0.15) is 5.10 Å². The van der Waals surface area contributed by atoms with Crippen molar-refractivity contribution in [1.29, 1.82) is 0 Å². The average Bonchev–Trinajstić information content (AvgIpc) is 3.25. The summed E-state index contributed by atoms with van der Waals surface area (Å²) < 4.78 is 14.8. The van der Waals surface area contributed by atoms with Crippen LogP contribution in [0.25, 0.3) is 32.9 Å². The number of benzene rings is 3. The second-order valence-corrected chi connectivity index (χ2v) is 7.67. The van der Waals surface area contributed by atoms with Gasteiger partial charge in [-0.1, -0.05) is 30.3 Å². The predicted molar refractivity (Wildman–Crippen MR) is 123 cm³/mol. The Morgan fingerprint density at radius 2 is 1.88 bits per heavy atom. The molecular formula is C24H18FN5O3. The van der Waals surface area contributed by atoms with Gasteiger partial charge in [0.05, 0.1) is 22.1 Å². The molecule has 2 aromatic heterocycles. The van der Waals surface area contributed by atoms with Gasteiger partial charge in [0.25, 0.3) is 5.56 Å². The first-order valence-corrected chi connectivity index (χ1v) is 10.1. The molecule has 8 nitrogen and oxygen atoms in total. The summed E-state index contributed by atoms with van der Waals surface area (Å²) in [7, 11) is 1.39. The van der Waals surface area contributed by atoms with Crippen molar-refractivity contribution in [3.63, 3.8) is 0 Å². The van der Waals surface area contributed by atoms with Gasteiger partial charge >= 0.3 is 6.09 Å². The molecule has 0 saturated heterocycles. The van der Waals surface area contributed by atoms with E-state index >= 15 is 0 Å². The average molecular weight is 443 g/mol. The van der Waals surface area contributed by atoms with E-state index in [1.807, 2.05) is 12.1 Å². The highest BCUT2D eigenvalue weighted by Gasteiger charge is 2.15. The van der Waals surface area contributed by atoms with E-state index in [-0.39, 0.29) is 11.5 Å². The number of hydrogen-bond donors (Lipinski definition) is 3. The number of hydrogen-bond acceptors (Lipinski definition) is 4. The van der Waals surface area contributed by atoms with Crippen LogP contribution in [0, 0.1) is 5.82 Å². The largest absolute Gasteiger partial charge is 0.465 e. The molecule has 1 amide bonds. The third-order valence-corrected chi connectivity index (χ3v) is 5.56. The van der Waals surface area contributed by atoms with Gasteiger partial charge in [-0.3, -0.25) is 9.69 Å². The molecule has 3 aromatic carbocycles. The molecule has 0 aliphatic carbocycles. The van der Waals surface area contributed by atoms with Crippen LogP contribution in [0.1, 0.15) is 11.3 Å². The van der Waals surface area contributed by atoms with Gasteiger partial charge in [0, 0.05) is 24.4 Å². The van der Waals surface area contributed by atoms with Gasteiger partial charge in [-0.25, -0.2) is 19.3 Å². The number of halogens is 1. The predicted octanol–water partition coefficient (Wildman–Crippen LogP) is 4.31. The van der Waals surface area contributed by atoms with E-state index in [2.05, 4.69) is 20.2 Å². The monoisotopic (exact) mass is 443 g/mol. The Bertz CT molecular complexity index is 1590. The summed E-state index contributed by atoms with van der Waals surface area (Å²) in [6.45, 7) is 0. The summed E-state index contributed by atoms with van der Waals surface area (Å²) in [4.78, 5) is 31.5. The molecule has 0 unspecified atom stereocenters. The second-order valence-electron chi connectivity index (χ2n) is 7.67. The zero-order valence-corrected chi connectivity index (χ0v) is 17.5. The SMILES string of the molecule is CN(C(=O)O)c1nc2cc(-c3cc(Cc4n[nH]c(=O)c5ccccc45)ccc3F)ccc2[nH]1. The van der Waals surface area contributed by atoms with E-state index in [1.54, 1.807) is 42.5 Å². The van der Waals surface area contributed by atoms with E-state index < -0.39 is 11.9 Å². The molecule has 33 heavy (non-hydrogen) atoms. The lowest BCUT2D eigenvalue weighted by molar-refractivity contribution is 0.203. The molecule has 3 N–H and O–H groups in total. The van der Waals surface area contributed by atoms with Gasteiger partial charge in [0.2, 0.25) is 5.95 Å². The first-order chi connectivity index (χ1) is 15.9. The molecular weight excluding hydrogens is 425 g/mol. The van der Waals surface area contributed by atoms with Crippen molar-refractivity contribution in [2.45, 2.75) is 6.42 Å². The minimum atomic E-state index is -1.14. The van der Waals surface area contributed by atoms with Crippen molar-refractivity contribution in [1.82, 2.24) is 20.2 Å². The van der Waals surface area contributed by atoms with Crippen molar-refractivity contribution in [2.75, 3.05) is 11.9 Å². The highest BCUT2D eigenvalue weighted by Crippen LogP contribution is 2.29. The summed E-state index contributed by atoms with van der Waals surface area (Å²) in [5.74, 6) is -0.212.